The average Bonchev–Trinajstić information content (AvgIpc) is 3.36. The Balaban J connectivity index is 1.29. The second kappa shape index (κ2) is 12.9. The molecule has 0 bridgehead atoms. The summed E-state index contributed by atoms with van der Waals surface area (Å²) in [7, 11) is 1.57. The molecule has 0 radical (unpaired) electrons. The van der Waals surface area contributed by atoms with Crippen LogP contribution in [-0.4, -0.2) is 71.1 Å². The Labute approximate surface area is 250 Å². The van der Waals surface area contributed by atoms with Crippen LogP contribution >= 0.6 is 0 Å². The molecule has 1 saturated heterocycles. The number of ether oxygens (including phenoxy) is 2. The van der Waals surface area contributed by atoms with E-state index in [4.69, 9.17) is 9.47 Å². The van der Waals surface area contributed by atoms with Crippen molar-refractivity contribution in [3.05, 3.63) is 59.8 Å². The Bertz CT molecular complexity index is 1470. The average molecular weight is 590 g/mol. The predicted octanol–water partition coefficient (Wildman–Crippen LogP) is 2.84. The first-order chi connectivity index (χ1) is 20.6. The van der Waals surface area contributed by atoms with Crippen molar-refractivity contribution in [2.24, 2.45) is 5.92 Å². The van der Waals surface area contributed by atoms with Crippen LogP contribution in [0.3, 0.4) is 0 Å². The van der Waals surface area contributed by atoms with Gasteiger partial charge in [0.15, 0.2) is 5.78 Å². The SMILES string of the molecule is COc1ccc(CC(NC(=O)C(C)NC(=O)c2ccc3cn[nH]c3c2)C(=O)NC(CC2CCCC2)C(=O)C2(C)CO2)cc1. The van der Waals surface area contributed by atoms with Crippen molar-refractivity contribution in [2.45, 2.75) is 76.1 Å². The summed E-state index contributed by atoms with van der Waals surface area (Å²) in [6.45, 7) is 3.63. The molecule has 2 aliphatic rings. The van der Waals surface area contributed by atoms with E-state index in [1.54, 1.807) is 57.5 Å². The number of ketones is 1. The maximum Gasteiger partial charge on any atom is 0.251 e. The van der Waals surface area contributed by atoms with Crippen molar-refractivity contribution in [3.8, 4) is 5.75 Å². The van der Waals surface area contributed by atoms with E-state index in [9.17, 15) is 19.2 Å². The largest absolute Gasteiger partial charge is 0.497 e. The van der Waals surface area contributed by atoms with Gasteiger partial charge in [-0.2, -0.15) is 5.10 Å². The van der Waals surface area contributed by atoms with Gasteiger partial charge in [-0.25, -0.2) is 0 Å². The van der Waals surface area contributed by atoms with Gasteiger partial charge in [0.2, 0.25) is 11.8 Å². The number of benzene rings is 2. The number of epoxide rings is 1. The number of hydrogen-bond donors (Lipinski definition) is 4. The zero-order valence-electron chi connectivity index (χ0n) is 24.8. The zero-order valence-corrected chi connectivity index (χ0v) is 24.8. The third kappa shape index (κ3) is 7.40. The van der Waals surface area contributed by atoms with Crippen molar-refractivity contribution in [3.63, 3.8) is 0 Å². The Kier molecular flexibility index (Phi) is 9.10. The Morgan fingerprint density at radius 2 is 1.72 bits per heavy atom. The number of nitrogens with one attached hydrogen (secondary N) is 4. The minimum Gasteiger partial charge on any atom is -0.497 e. The van der Waals surface area contributed by atoms with Gasteiger partial charge in [0.05, 0.1) is 31.5 Å². The van der Waals surface area contributed by atoms with E-state index < -0.39 is 41.4 Å². The van der Waals surface area contributed by atoms with Crippen molar-refractivity contribution in [1.29, 1.82) is 0 Å². The molecule has 43 heavy (non-hydrogen) atoms. The van der Waals surface area contributed by atoms with Gasteiger partial charge >= 0.3 is 0 Å². The number of amides is 3. The van der Waals surface area contributed by atoms with Crippen LogP contribution in [0.15, 0.2) is 48.7 Å². The van der Waals surface area contributed by atoms with Crippen LogP contribution < -0.4 is 20.7 Å². The van der Waals surface area contributed by atoms with E-state index in [2.05, 4.69) is 26.1 Å². The molecule has 0 spiro atoms. The number of carbonyl (C=O) groups excluding carboxylic acids is 4. The van der Waals surface area contributed by atoms with Crippen LogP contribution in [0, 0.1) is 5.92 Å². The number of carbonyl (C=O) groups is 4. The minimum absolute atomic E-state index is 0.142. The summed E-state index contributed by atoms with van der Waals surface area (Å²) in [5.41, 5.74) is 0.978. The molecule has 1 saturated carbocycles. The van der Waals surface area contributed by atoms with E-state index >= 15 is 0 Å². The number of hydrogen-bond acceptors (Lipinski definition) is 7. The second-order valence-corrected chi connectivity index (χ2v) is 11.8. The molecule has 2 fully saturated rings. The van der Waals surface area contributed by atoms with Gasteiger partial charge in [0.1, 0.15) is 23.4 Å². The summed E-state index contributed by atoms with van der Waals surface area (Å²) in [5, 5.41) is 16.1. The number of aromatic amines is 1. The van der Waals surface area contributed by atoms with E-state index in [0.717, 1.165) is 36.6 Å². The smallest absolute Gasteiger partial charge is 0.251 e. The zero-order chi connectivity index (χ0) is 30.6. The van der Waals surface area contributed by atoms with Crippen molar-refractivity contribution >= 4 is 34.4 Å². The molecule has 2 heterocycles. The first-order valence-corrected chi connectivity index (χ1v) is 14.8. The van der Waals surface area contributed by atoms with Crippen molar-refractivity contribution < 1.29 is 28.7 Å². The molecule has 11 nitrogen and oxygen atoms in total. The molecule has 11 heteroatoms. The summed E-state index contributed by atoms with van der Waals surface area (Å²) < 4.78 is 10.7. The molecule has 4 unspecified atom stereocenters. The molecule has 1 aromatic heterocycles. The molecular formula is C32H39N5O6. The van der Waals surface area contributed by atoms with Crippen LogP contribution in [0.5, 0.6) is 5.75 Å². The van der Waals surface area contributed by atoms with E-state index in [0.29, 0.717) is 35.8 Å². The Hall–Kier alpha value is -4.25. The maximum absolute atomic E-state index is 13.8. The van der Waals surface area contributed by atoms with Crippen molar-refractivity contribution in [2.75, 3.05) is 13.7 Å². The van der Waals surface area contributed by atoms with Gasteiger partial charge in [-0.15, -0.1) is 0 Å². The molecule has 3 aromatic rings. The van der Waals surface area contributed by atoms with Gasteiger partial charge in [-0.3, -0.25) is 24.3 Å². The number of rotatable bonds is 13. The minimum atomic E-state index is -0.992. The fourth-order valence-corrected chi connectivity index (χ4v) is 5.63. The second-order valence-electron chi connectivity index (χ2n) is 11.8. The van der Waals surface area contributed by atoms with E-state index in [1.165, 1.54) is 0 Å². The number of methoxy groups -OCH3 is 1. The molecule has 228 valence electrons. The first kappa shape index (κ1) is 30.2. The highest BCUT2D eigenvalue weighted by Gasteiger charge is 2.50. The molecule has 2 aromatic carbocycles. The van der Waals surface area contributed by atoms with Crippen LogP contribution in [0.25, 0.3) is 10.9 Å². The standard InChI is InChI=1S/C32H39N5O6/c1-19(34-30(40)22-10-11-23-17-33-37-25(23)16-22)29(39)36-27(15-21-8-12-24(42-3)13-9-21)31(41)35-26(14-20-6-4-5-7-20)28(38)32(2)18-43-32/h8-13,16-17,19-20,26-27H,4-7,14-15,18H2,1-3H3,(H,33,37)(H,34,40)(H,35,41)(H,36,39). The van der Waals surface area contributed by atoms with Crippen molar-refractivity contribution in [1.82, 2.24) is 26.1 Å². The monoisotopic (exact) mass is 589 g/mol. The number of fused-ring (bicyclic) bond motifs is 1. The van der Waals surface area contributed by atoms with Gasteiger partial charge in [-0.1, -0.05) is 43.9 Å². The lowest BCUT2D eigenvalue weighted by molar-refractivity contribution is -0.133. The van der Waals surface area contributed by atoms with E-state index in [1.807, 2.05) is 12.1 Å². The molecular weight excluding hydrogens is 550 g/mol. The van der Waals surface area contributed by atoms with E-state index in [-0.39, 0.29) is 12.2 Å². The number of Topliss-reactive ketones (excluding diaryl/α,β-unsaturated/α-hetero) is 1. The first-order valence-electron chi connectivity index (χ1n) is 14.8. The molecule has 1 aliphatic heterocycles. The Morgan fingerprint density at radius 3 is 2.40 bits per heavy atom. The quantitative estimate of drug-likeness (QED) is 0.224. The number of aromatic nitrogens is 2. The third-order valence-corrected chi connectivity index (χ3v) is 8.45. The molecule has 1 aliphatic carbocycles. The highest BCUT2D eigenvalue weighted by molar-refractivity contribution is 6.01. The van der Waals surface area contributed by atoms with Gasteiger partial charge in [0, 0.05) is 17.4 Å². The summed E-state index contributed by atoms with van der Waals surface area (Å²) >= 11 is 0. The molecule has 4 atom stereocenters. The highest BCUT2D eigenvalue weighted by atomic mass is 16.6. The third-order valence-electron chi connectivity index (χ3n) is 8.45. The molecule has 4 N–H and O–H groups in total. The lowest BCUT2D eigenvalue weighted by Gasteiger charge is -2.26. The van der Waals surface area contributed by atoms with Crippen LogP contribution in [0.4, 0.5) is 0 Å². The maximum atomic E-state index is 13.8. The fraction of sp³-hybridized carbons (Fsp3) is 0.469. The summed E-state index contributed by atoms with van der Waals surface area (Å²) in [6.07, 6.45) is 6.65. The highest BCUT2D eigenvalue weighted by Crippen LogP contribution is 2.33. The normalized spacial score (nSPS) is 20.2. The van der Waals surface area contributed by atoms with Crippen LogP contribution in [0.2, 0.25) is 0 Å². The number of H-pyrrole nitrogens is 1. The summed E-state index contributed by atoms with van der Waals surface area (Å²) in [4.78, 5) is 53.4. The topological polar surface area (TPSA) is 155 Å². The van der Waals surface area contributed by atoms with Gasteiger partial charge in [0.25, 0.3) is 5.91 Å². The lowest BCUT2D eigenvalue weighted by Crippen LogP contribution is -2.57. The van der Waals surface area contributed by atoms with Crippen LogP contribution in [-0.2, 0) is 25.5 Å². The molecule has 5 rings (SSSR count). The number of nitrogens with zero attached hydrogens (tertiary/aromatic N) is 1. The Morgan fingerprint density at radius 1 is 1.02 bits per heavy atom. The lowest BCUT2D eigenvalue weighted by atomic mass is 9.90. The van der Waals surface area contributed by atoms with Gasteiger partial charge in [-0.05, 0) is 56.0 Å². The van der Waals surface area contributed by atoms with Gasteiger partial charge < -0.3 is 25.4 Å². The fourth-order valence-electron chi connectivity index (χ4n) is 5.63. The summed E-state index contributed by atoms with van der Waals surface area (Å²) in [6, 6.07) is 9.64. The summed E-state index contributed by atoms with van der Waals surface area (Å²) in [5.74, 6) is -0.554. The predicted molar refractivity (Wildman–Crippen MR) is 160 cm³/mol. The molecule has 3 amide bonds. The van der Waals surface area contributed by atoms with Crippen LogP contribution in [0.1, 0.15) is 61.9 Å².